The van der Waals surface area contributed by atoms with Crippen molar-refractivity contribution in [1.29, 1.82) is 0 Å². The zero-order chi connectivity index (χ0) is 11.8. The molecule has 0 aliphatic carbocycles. The largest absolute Gasteiger partial charge is 0.331 e. The van der Waals surface area contributed by atoms with Crippen LogP contribution < -0.4 is 5.32 Å². The standard InChI is InChI=1S/C13H19N3O/c1-16-8-14-7-12(16)13(17)9-5-10-3-2-4-11(6-9)15-10/h7-11,15H,2-6H2,1H3. The number of imidazole rings is 1. The summed E-state index contributed by atoms with van der Waals surface area (Å²) in [6.45, 7) is 0. The van der Waals surface area contributed by atoms with Crippen molar-refractivity contribution in [2.75, 3.05) is 0 Å². The van der Waals surface area contributed by atoms with E-state index >= 15 is 0 Å². The van der Waals surface area contributed by atoms with E-state index < -0.39 is 0 Å². The van der Waals surface area contributed by atoms with E-state index in [0.29, 0.717) is 12.1 Å². The van der Waals surface area contributed by atoms with Crippen LogP contribution in [0.25, 0.3) is 0 Å². The molecule has 3 rings (SSSR count). The average Bonchev–Trinajstić information content (AvgIpc) is 2.74. The Bertz CT molecular complexity index is 414. The predicted molar refractivity (Wildman–Crippen MR) is 64.8 cm³/mol. The second-order valence-corrected chi connectivity index (χ2v) is 5.41. The van der Waals surface area contributed by atoms with Gasteiger partial charge in [-0.1, -0.05) is 6.42 Å². The zero-order valence-corrected chi connectivity index (χ0v) is 10.2. The Labute approximate surface area is 101 Å². The van der Waals surface area contributed by atoms with Crippen molar-refractivity contribution in [3.63, 3.8) is 0 Å². The Morgan fingerprint density at radius 2 is 2.12 bits per heavy atom. The lowest BCUT2D eigenvalue weighted by Gasteiger charge is -2.39. The number of piperidine rings is 2. The van der Waals surface area contributed by atoms with Crippen LogP contribution in [0.15, 0.2) is 12.5 Å². The molecule has 0 radical (unpaired) electrons. The van der Waals surface area contributed by atoms with Crippen LogP contribution in [0.4, 0.5) is 0 Å². The molecule has 0 spiro atoms. The number of hydrogen-bond acceptors (Lipinski definition) is 3. The van der Waals surface area contributed by atoms with Gasteiger partial charge in [-0.3, -0.25) is 4.79 Å². The second kappa shape index (κ2) is 4.26. The fraction of sp³-hybridized carbons (Fsp3) is 0.692. The van der Waals surface area contributed by atoms with E-state index in [1.165, 1.54) is 19.3 Å². The summed E-state index contributed by atoms with van der Waals surface area (Å²) in [6.07, 6.45) is 9.17. The number of nitrogens with zero attached hydrogens (tertiary/aromatic N) is 2. The van der Waals surface area contributed by atoms with Gasteiger partial charge in [-0.05, 0) is 25.7 Å². The first-order chi connectivity index (χ1) is 8.24. The first kappa shape index (κ1) is 11.0. The van der Waals surface area contributed by atoms with Gasteiger partial charge in [0, 0.05) is 25.0 Å². The summed E-state index contributed by atoms with van der Waals surface area (Å²) in [7, 11) is 1.89. The Hall–Kier alpha value is -1.16. The number of nitrogens with one attached hydrogen (secondary N) is 1. The molecule has 2 saturated heterocycles. The third-order valence-corrected chi connectivity index (χ3v) is 4.15. The number of ketones is 1. The summed E-state index contributed by atoms with van der Waals surface area (Å²) in [4.78, 5) is 16.5. The Morgan fingerprint density at radius 3 is 2.71 bits per heavy atom. The van der Waals surface area contributed by atoms with E-state index in [2.05, 4.69) is 10.3 Å². The molecule has 92 valence electrons. The van der Waals surface area contributed by atoms with Crippen molar-refractivity contribution >= 4 is 5.78 Å². The molecule has 17 heavy (non-hydrogen) atoms. The van der Waals surface area contributed by atoms with Gasteiger partial charge in [-0.15, -0.1) is 0 Å². The molecule has 0 aromatic carbocycles. The molecule has 0 saturated carbocycles. The Morgan fingerprint density at radius 1 is 1.41 bits per heavy atom. The maximum Gasteiger partial charge on any atom is 0.184 e. The molecule has 1 aromatic rings. The fourth-order valence-corrected chi connectivity index (χ4v) is 3.28. The molecule has 3 heterocycles. The molecule has 2 unspecified atom stereocenters. The molecule has 2 atom stereocenters. The van der Waals surface area contributed by atoms with E-state index in [0.717, 1.165) is 18.5 Å². The summed E-state index contributed by atoms with van der Waals surface area (Å²) in [5.74, 6) is 0.477. The smallest absolute Gasteiger partial charge is 0.184 e. The van der Waals surface area contributed by atoms with Crippen LogP contribution >= 0.6 is 0 Å². The number of aryl methyl sites for hydroxylation is 1. The number of carbonyl (C=O) groups is 1. The second-order valence-electron chi connectivity index (χ2n) is 5.41. The van der Waals surface area contributed by atoms with Gasteiger partial charge in [-0.2, -0.15) is 0 Å². The molecule has 1 aromatic heterocycles. The number of hydrogen-bond donors (Lipinski definition) is 1. The van der Waals surface area contributed by atoms with E-state index in [1.54, 1.807) is 12.5 Å². The van der Waals surface area contributed by atoms with Gasteiger partial charge in [0.2, 0.25) is 0 Å². The number of Topliss-reactive ketones (excluding diaryl/α,β-unsaturated/α-hetero) is 1. The summed E-state index contributed by atoms with van der Waals surface area (Å²) < 4.78 is 1.83. The van der Waals surface area contributed by atoms with Gasteiger partial charge in [0.25, 0.3) is 0 Å². The highest BCUT2D eigenvalue weighted by Gasteiger charge is 2.35. The predicted octanol–water partition coefficient (Wildman–Crippen LogP) is 1.52. The molecular formula is C13H19N3O. The van der Waals surface area contributed by atoms with Crippen molar-refractivity contribution in [2.45, 2.75) is 44.2 Å². The maximum absolute atomic E-state index is 12.4. The van der Waals surface area contributed by atoms with E-state index in [1.807, 2.05) is 11.6 Å². The topological polar surface area (TPSA) is 46.9 Å². The van der Waals surface area contributed by atoms with Gasteiger partial charge >= 0.3 is 0 Å². The van der Waals surface area contributed by atoms with Crippen molar-refractivity contribution in [3.8, 4) is 0 Å². The van der Waals surface area contributed by atoms with Gasteiger partial charge in [-0.25, -0.2) is 4.98 Å². The van der Waals surface area contributed by atoms with Crippen molar-refractivity contribution in [2.24, 2.45) is 13.0 Å². The molecule has 2 fully saturated rings. The van der Waals surface area contributed by atoms with E-state index in [9.17, 15) is 4.79 Å². The maximum atomic E-state index is 12.4. The summed E-state index contributed by atoms with van der Waals surface area (Å²) in [5, 5.41) is 3.62. The highest BCUT2D eigenvalue weighted by molar-refractivity contribution is 5.96. The lowest BCUT2D eigenvalue weighted by atomic mass is 9.78. The molecule has 4 nitrogen and oxygen atoms in total. The fourth-order valence-electron chi connectivity index (χ4n) is 3.28. The molecule has 4 heteroatoms. The van der Waals surface area contributed by atoms with Gasteiger partial charge in [0.15, 0.2) is 5.78 Å². The Kier molecular flexibility index (Phi) is 2.74. The molecule has 2 bridgehead atoms. The first-order valence-corrected chi connectivity index (χ1v) is 6.50. The highest BCUT2D eigenvalue weighted by atomic mass is 16.1. The average molecular weight is 233 g/mol. The molecule has 2 aliphatic rings. The van der Waals surface area contributed by atoms with Crippen LogP contribution in [0.3, 0.4) is 0 Å². The van der Waals surface area contributed by atoms with Crippen LogP contribution in [0.2, 0.25) is 0 Å². The lowest BCUT2D eigenvalue weighted by Crippen LogP contribution is -2.50. The van der Waals surface area contributed by atoms with Crippen LogP contribution in [0.1, 0.15) is 42.6 Å². The monoisotopic (exact) mass is 233 g/mol. The molecule has 2 aliphatic heterocycles. The molecular weight excluding hydrogens is 214 g/mol. The summed E-state index contributed by atoms with van der Waals surface area (Å²) in [5.41, 5.74) is 0.759. The third-order valence-electron chi connectivity index (χ3n) is 4.15. The minimum atomic E-state index is 0.196. The number of carbonyl (C=O) groups excluding carboxylic acids is 1. The number of rotatable bonds is 2. The van der Waals surface area contributed by atoms with Crippen molar-refractivity contribution in [1.82, 2.24) is 14.9 Å². The highest BCUT2D eigenvalue weighted by Crippen LogP contribution is 2.31. The van der Waals surface area contributed by atoms with Crippen LogP contribution in [-0.4, -0.2) is 27.4 Å². The Balaban J connectivity index is 1.76. The van der Waals surface area contributed by atoms with Crippen LogP contribution in [-0.2, 0) is 7.05 Å². The SMILES string of the molecule is Cn1cncc1C(=O)C1CC2CCCC(C1)N2. The van der Waals surface area contributed by atoms with Gasteiger partial charge in [0.1, 0.15) is 5.69 Å². The number of fused-ring (bicyclic) bond motifs is 2. The summed E-state index contributed by atoms with van der Waals surface area (Å²) >= 11 is 0. The zero-order valence-electron chi connectivity index (χ0n) is 10.2. The van der Waals surface area contributed by atoms with Crippen LogP contribution in [0, 0.1) is 5.92 Å². The first-order valence-electron chi connectivity index (χ1n) is 6.50. The summed E-state index contributed by atoms with van der Waals surface area (Å²) in [6, 6.07) is 1.12. The number of aromatic nitrogens is 2. The van der Waals surface area contributed by atoms with E-state index in [4.69, 9.17) is 0 Å². The minimum Gasteiger partial charge on any atom is -0.331 e. The lowest BCUT2D eigenvalue weighted by molar-refractivity contribution is 0.0816. The van der Waals surface area contributed by atoms with Gasteiger partial charge in [0.05, 0.1) is 12.5 Å². The van der Waals surface area contributed by atoms with E-state index in [-0.39, 0.29) is 11.7 Å². The van der Waals surface area contributed by atoms with Gasteiger partial charge < -0.3 is 9.88 Å². The minimum absolute atomic E-state index is 0.196. The quantitative estimate of drug-likeness (QED) is 0.788. The third kappa shape index (κ3) is 2.02. The van der Waals surface area contributed by atoms with Crippen molar-refractivity contribution < 1.29 is 4.79 Å². The molecule has 1 N–H and O–H groups in total. The van der Waals surface area contributed by atoms with Crippen molar-refractivity contribution in [3.05, 3.63) is 18.2 Å². The van der Waals surface area contributed by atoms with Crippen LogP contribution in [0.5, 0.6) is 0 Å². The molecule has 0 amide bonds. The normalized spacial score (nSPS) is 32.4.